The quantitative estimate of drug-likeness (QED) is 0.840. The zero-order valence-electron chi connectivity index (χ0n) is 10.2. The highest BCUT2D eigenvalue weighted by Crippen LogP contribution is 2.28. The Kier molecular flexibility index (Phi) is 4.05. The molecule has 1 fully saturated rings. The first-order valence-corrected chi connectivity index (χ1v) is 7.11. The number of ether oxygens (including phenoxy) is 1. The van der Waals surface area contributed by atoms with Crippen LogP contribution in [0, 0.1) is 0 Å². The van der Waals surface area contributed by atoms with E-state index in [1.54, 1.807) is 0 Å². The number of rotatable bonds is 3. The Labute approximate surface area is 106 Å². The number of aryl methyl sites for hydroxylation is 1. The van der Waals surface area contributed by atoms with Gasteiger partial charge in [0.15, 0.2) is 0 Å². The number of nitrogen functional groups attached to an aromatic ring is 1. The number of nitrogens with two attached hydrogens (primary N) is 1. The molecule has 2 rings (SSSR count). The predicted octanol–water partition coefficient (Wildman–Crippen LogP) is 3.38. The summed E-state index contributed by atoms with van der Waals surface area (Å²) in [4.78, 5) is 13.1. The molecule has 4 heteroatoms. The van der Waals surface area contributed by atoms with E-state index in [-0.39, 0.29) is 12.1 Å². The Morgan fingerprint density at radius 2 is 2.18 bits per heavy atom. The molecular weight excluding hydrogens is 234 g/mol. The van der Waals surface area contributed by atoms with E-state index < -0.39 is 0 Å². The van der Waals surface area contributed by atoms with E-state index in [9.17, 15) is 4.79 Å². The first-order chi connectivity index (χ1) is 8.20. The molecule has 0 amide bonds. The maximum Gasteiger partial charge on any atom is 0.341 e. The van der Waals surface area contributed by atoms with Crippen LogP contribution in [0.5, 0.6) is 0 Å². The van der Waals surface area contributed by atoms with Crippen molar-refractivity contribution in [1.82, 2.24) is 0 Å². The smallest absolute Gasteiger partial charge is 0.341 e. The number of carbonyl (C=O) groups is 1. The van der Waals surface area contributed by atoms with Gasteiger partial charge >= 0.3 is 5.97 Å². The Hall–Kier alpha value is -1.03. The Balaban J connectivity index is 2.00. The lowest BCUT2D eigenvalue weighted by atomic mass is 9.98. The van der Waals surface area contributed by atoms with Crippen LogP contribution >= 0.6 is 11.3 Å². The van der Waals surface area contributed by atoms with Crippen molar-refractivity contribution in [3.8, 4) is 0 Å². The van der Waals surface area contributed by atoms with Crippen molar-refractivity contribution in [1.29, 1.82) is 0 Å². The molecule has 0 spiro atoms. The van der Waals surface area contributed by atoms with Crippen molar-refractivity contribution in [2.24, 2.45) is 0 Å². The highest BCUT2D eigenvalue weighted by Gasteiger charge is 2.21. The fraction of sp³-hybridized carbons (Fsp3) is 0.615. The van der Waals surface area contributed by atoms with Crippen molar-refractivity contribution in [2.45, 2.75) is 51.6 Å². The molecule has 1 saturated carbocycles. The fourth-order valence-electron chi connectivity index (χ4n) is 2.19. The average molecular weight is 253 g/mol. The monoisotopic (exact) mass is 253 g/mol. The molecule has 0 unspecified atom stereocenters. The minimum Gasteiger partial charge on any atom is -0.459 e. The molecular formula is C13H19NO2S. The summed E-state index contributed by atoms with van der Waals surface area (Å²) in [6.45, 7) is 2.06. The first kappa shape index (κ1) is 12.4. The van der Waals surface area contributed by atoms with Crippen molar-refractivity contribution >= 4 is 22.3 Å². The van der Waals surface area contributed by atoms with Gasteiger partial charge in [-0.2, -0.15) is 0 Å². The molecule has 17 heavy (non-hydrogen) atoms. The molecule has 3 nitrogen and oxygen atoms in total. The molecule has 1 heterocycles. The zero-order chi connectivity index (χ0) is 12.3. The van der Waals surface area contributed by atoms with Crippen LogP contribution in [0.1, 0.15) is 54.3 Å². The molecule has 1 aliphatic carbocycles. The molecule has 94 valence electrons. The van der Waals surface area contributed by atoms with E-state index >= 15 is 0 Å². The van der Waals surface area contributed by atoms with Gasteiger partial charge in [0.05, 0.1) is 5.56 Å². The van der Waals surface area contributed by atoms with Gasteiger partial charge in [-0.25, -0.2) is 4.79 Å². The zero-order valence-corrected chi connectivity index (χ0v) is 11.0. The molecule has 0 radical (unpaired) electrons. The third-order valence-electron chi connectivity index (χ3n) is 3.21. The van der Waals surface area contributed by atoms with Crippen molar-refractivity contribution in [3.05, 3.63) is 16.5 Å². The second-order valence-corrected chi connectivity index (χ2v) is 5.68. The lowest BCUT2D eigenvalue weighted by Gasteiger charge is -2.21. The van der Waals surface area contributed by atoms with Gasteiger partial charge in [-0.3, -0.25) is 0 Å². The van der Waals surface area contributed by atoms with Crippen LogP contribution in [0.15, 0.2) is 6.07 Å². The molecule has 0 aromatic carbocycles. The van der Waals surface area contributed by atoms with Crippen molar-refractivity contribution in [2.75, 3.05) is 5.73 Å². The number of hydrogen-bond acceptors (Lipinski definition) is 4. The third kappa shape index (κ3) is 3.00. The van der Waals surface area contributed by atoms with Crippen LogP contribution < -0.4 is 5.73 Å². The summed E-state index contributed by atoms with van der Waals surface area (Å²) in [5.74, 6) is -0.245. The van der Waals surface area contributed by atoms with E-state index in [2.05, 4.69) is 6.92 Å². The summed E-state index contributed by atoms with van der Waals surface area (Å²) >= 11 is 1.48. The summed E-state index contributed by atoms with van der Waals surface area (Å²) < 4.78 is 5.50. The SMILES string of the molecule is CCc1cc(C(=O)OC2CCCCC2)c(N)s1. The number of hydrogen-bond donors (Lipinski definition) is 1. The standard InChI is InChI=1S/C13H19NO2S/c1-2-10-8-11(12(14)17-10)13(15)16-9-6-4-3-5-7-9/h8-9H,2-7,14H2,1H3. The maximum absolute atomic E-state index is 12.0. The Morgan fingerprint density at radius 3 is 2.76 bits per heavy atom. The summed E-state index contributed by atoms with van der Waals surface area (Å²) in [6.07, 6.45) is 6.59. The van der Waals surface area contributed by atoms with Crippen LogP contribution in [-0.4, -0.2) is 12.1 Å². The highest BCUT2D eigenvalue weighted by atomic mass is 32.1. The van der Waals surface area contributed by atoms with Gasteiger partial charge in [0.1, 0.15) is 11.1 Å². The third-order valence-corrected chi connectivity index (χ3v) is 4.31. The van der Waals surface area contributed by atoms with Crippen LogP contribution in [-0.2, 0) is 11.2 Å². The number of esters is 1. The van der Waals surface area contributed by atoms with Crippen LogP contribution in [0.3, 0.4) is 0 Å². The topological polar surface area (TPSA) is 52.3 Å². The summed E-state index contributed by atoms with van der Waals surface area (Å²) in [5.41, 5.74) is 6.39. The van der Waals surface area contributed by atoms with Crippen molar-refractivity contribution < 1.29 is 9.53 Å². The summed E-state index contributed by atoms with van der Waals surface area (Å²) in [5, 5.41) is 0.586. The van der Waals surface area contributed by atoms with E-state index in [1.165, 1.54) is 17.8 Å². The number of thiophene rings is 1. The van der Waals surface area contributed by atoms with Gasteiger partial charge in [-0.1, -0.05) is 13.3 Å². The van der Waals surface area contributed by atoms with Crippen LogP contribution in [0.2, 0.25) is 0 Å². The van der Waals surface area contributed by atoms with Crippen LogP contribution in [0.4, 0.5) is 5.00 Å². The molecule has 1 aliphatic rings. The predicted molar refractivity (Wildman–Crippen MR) is 70.4 cm³/mol. The summed E-state index contributed by atoms with van der Waals surface area (Å²) in [6, 6.07) is 1.87. The molecule has 2 N–H and O–H groups in total. The van der Waals surface area contributed by atoms with E-state index in [0.29, 0.717) is 10.6 Å². The molecule has 0 saturated heterocycles. The van der Waals surface area contributed by atoms with Gasteiger partial charge in [-0.15, -0.1) is 11.3 Å². The van der Waals surface area contributed by atoms with Crippen molar-refractivity contribution in [3.63, 3.8) is 0 Å². The van der Waals surface area contributed by atoms with E-state index in [4.69, 9.17) is 10.5 Å². The molecule has 0 bridgehead atoms. The van der Waals surface area contributed by atoms with Crippen LogP contribution in [0.25, 0.3) is 0 Å². The number of anilines is 1. The fourth-order valence-corrected chi connectivity index (χ4v) is 3.05. The highest BCUT2D eigenvalue weighted by molar-refractivity contribution is 7.16. The summed E-state index contributed by atoms with van der Waals surface area (Å²) in [7, 11) is 0. The molecule has 0 aliphatic heterocycles. The largest absolute Gasteiger partial charge is 0.459 e. The second kappa shape index (κ2) is 5.54. The minimum atomic E-state index is -0.245. The molecule has 1 aromatic heterocycles. The minimum absolute atomic E-state index is 0.0978. The van der Waals surface area contributed by atoms with Gasteiger partial charge in [0.25, 0.3) is 0 Å². The second-order valence-electron chi connectivity index (χ2n) is 4.51. The molecule has 0 atom stereocenters. The van der Waals surface area contributed by atoms with Gasteiger partial charge in [0.2, 0.25) is 0 Å². The first-order valence-electron chi connectivity index (χ1n) is 6.30. The normalized spacial score (nSPS) is 17.0. The average Bonchev–Trinajstić information content (AvgIpc) is 2.72. The molecule has 1 aromatic rings. The van der Waals surface area contributed by atoms with Gasteiger partial charge in [0, 0.05) is 4.88 Å². The number of carbonyl (C=O) groups excluding carboxylic acids is 1. The van der Waals surface area contributed by atoms with E-state index in [0.717, 1.165) is 37.0 Å². The van der Waals surface area contributed by atoms with E-state index in [1.807, 2.05) is 6.07 Å². The lowest BCUT2D eigenvalue weighted by Crippen LogP contribution is -2.21. The Morgan fingerprint density at radius 1 is 1.47 bits per heavy atom. The maximum atomic E-state index is 12.0. The van der Waals surface area contributed by atoms with Gasteiger partial charge < -0.3 is 10.5 Å². The Bertz CT molecular complexity index is 394. The lowest BCUT2D eigenvalue weighted by molar-refractivity contribution is 0.0213. The van der Waals surface area contributed by atoms with Gasteiger partial charge in [-0.05, 0) is 38.2 Å².